The van der Waals surface area contributed by atoms with E-state index in [0.717, 1.165) is 17.0 Å². The van der Waals surface area contributed by atoms with Crippen LogP contribution in [0.15, 0.2) is 30.6 Å². The van der Waals surface area contributed by atoms with Crippen LogP contribution < -0.4 is 5.32 Å². The Hall–Kier alpha value is -2.30. The maximum atomic E-state index is 11.1. The standard InChI is InChI=1S/C12H13N3O2/c1-8-11(14-7-13-8)9-4-3-5-10(6-9)15-12(16)17-2/h3-7H,1-2H3,(H,13,14)(H,15,16). The third-order valence-electron chi connectivity index (χ3n) is 2.40. The average Bonchev–Trinajstić information content (AvgIpc) is 2.75. The molecule has 5 heteroatoms. The van der Waals surface area contributed by atoms with Crippen molar-refractivity contribution in [2.24, 2.45) is 0 Å². The molecular weight excluding hydrogens is 218 g/mol. The molecule has 0 aliphatic carbocycles. The minimum Gasteiger partial charge on any atom is -0.453 e. The lowest BCUT2D eigenvalue weighted by Crippen LogP contribution is -2.10. The van der Waals surface area contributed by atoms with Gasteiger partial charge >= 0.3 is 6.09 Å². The number of methoxy groups -OCH3 is 1. The first-order valence-electron chi connectivity index (χ1n) is 5.16. The predicted octanol–water partition coefficient (Wildman–Crippen LogP) is 2.56. The lowest BCUT2D eigenvalue weighted by Gasteiger charge is -2.05. The number of aryl methyl sites for hydroxylation is 1. The summed E-state index contributed by atoms with van der Waals surface area (Å²) in [5.41, 5.74) is 3.48. The molecule has 1 aromatic heterocycles. The number of rotatable bonds is 2. The van der Waals surface area contributed by atoms with E-state index in [2.05, 4.69) is 20.0 Å². The fourth-order valence-corrected chi connectivity index (χ4v) is 1.56. The zero-order valence-corrected chi connectivity index (χ0v) is 9.65. The molecule has 0 aliphatic heterocycles. The van der Waals surface area contributed by atoms with Crippen molar-refractivity contribution in [2.45, 2.75) is 6.92 Å². The van der Waals surface area contributed by atoms with Crippen LogP contribution in [0.3, 0.4) is 0 Å². The van der Waals surface area contributed by atoms with Gasteiger partial charge in [-0.15, -0.1) is 0 Å². The number of carbonyl (C=O) groups is 1. The molecule has 2 aromatic rings. The highest BCUT2D eigenvalue weighted by Crippen LogP contribution is 2.22. The van der Waals surface area contributed by atoms with E-state index in [9.17, 15) is 4.79 Å². The van der Waals surface area contributed by atoms with E-state index in [1.54, 1.807) is 12.4 Å². The number of benzene rings is 1. The second-order valence-electron chi connectivity index (χ2n) is 3.57. The average molecular weight is 231 g/mol. The van der Waals surface area contributed by atoms with Crippen LogP contribution in [0, 0.1) is 6.92 Å². The second-order valence-corrected chi connectivity index (χ2v) is 3.57. The van der Waals surface area contributed by atoms with Crippen LogP contribution >= 0.6 is 0 Å². The number of H-pyrrole nitrogens is 1. The summed E-state index contributed by atoms with van der Waals surface area (Å²) in [5.74, 6) is 0. The van der Waals surface area contributed by atoms with E-state index in [-0.39, 0.29) is 0 Å². The summed E-state index contributed by atoms with van der Waals surface area (Å²) in [7, 11) is 1.33. The quantitative estimate of drug-likeness (QED) is 0.834. The van der Waals surface area contributed by atoms with Crippen LogP contribution in [0.4, 0.5) is 10.5 Å². The third-order valence-corrected chi connectivity index (χ3v) is 2.40. The summed E-state index contributed by atoms with van der Waals surface area (Å²) in [6.07, 6.45) is 1.16. The van der Waals surface area contributed by atoms with E-state index >= 15 is 0 Å². The van der Waals surface area contributed by atoms with Crippen LogP contribution in [0.1, 0.15) is 5.69 Å². The highest BCUT2D eigenvalue weighted by molar-refractivity contribution is 5.85. The lowest BCUT2D eigenvalue weighted by atomic mass is 10.1. The van der Waals surface area contributed by atoms with Gasteiger partial charge in [0.25, 0.3) is 0 Å². The highest BCUT2D eigenvalue weighted by atomic mass is 16.5. The molecule has 2 N–H and O–H groups in total. The van der Waals surface area contributed by atoms with E-state index < -0.39 is 6.09 Å². The molecule has 0 fully saturated rings. The molecule has 1 amide bonds. The van der Waals surface area contributed by atoms with Crippen molar-refractivity contribution in [2.75, 3.05) is 12.4 Å². The van der Waals surface area contributed by atoms with Gasteiger partial charge in [-0.1, -0.05) is 12.1 Å². The number of aromatic nitrogens is 2. The highest BCUT2D eigenvalue weighted by Gasteiger charge is 2.06. The van der Waals surface area contributed by atoms with Gasteiger partial charge in [0.15, 0.2) is 0 Å². The monoisotopic (exact) mass is 231 g/mol. The van der Waals surface area contributed by atoms with Gasteiger partial charge in [-0.05, 0) is 19.1 Å². The van der Waals surface area contributed by atoms with Gasteiger partial charge in [-0.3, -0.25) is 5.32 Å². The Morgan fingerprint density at radius 1 is 1.47 bits per heavy atom. The van der Waals surface area contributed by atoms with Crippen LogP contribution in [0.2, 0.25) is 0 Å². The third kappa shape index (κ3) is 2.44. The zero-order chi connectivity index (χ0) is 12.3. The fourth-order valence-electron chi connectivity index (χ4n) is 1.56. The number of anilines is 1. The first kappa shape index (κ1) is 11.2. The van der Waals surface area contributed by atoms with Crippen molar-refractivity contribution < 1.29 is 9.53 Å². The number of aromatic amines is 1. The Balaban J connectivity index is 2.29. The lowest BCUT2D eigenvalue weighted by molar-refractivity contribution is 0.187. The Labute approximate surface area is 98.8 Å². The molecule has 88 valence electrons. The van der Waals surface area contributed by atoms with Crippen molar-refractivity contribution in [1.82, 2.24) is 9.97 Å². The topological polar surface area (TPSA) is 67.0 Å². The largest absolute Gasteiger partial charge is 0.453 e. The van der Waals surface area contributed by atoms with E-state index in [1.165, 1.54) is 7.11 Å². The number of hydrogen-bond donors (Lipinski definition) is 2. The summed E-state index contributed by atoms with van der Waals surface area (Å²) in [4.78, 5) is 18.3. The minimum absolute atomic E-state index is 0.485. The van der Waals surface area contributed by atoms with Crippen LogP contribution in [0.5, 0.6) is 0 Å². The number of hydrogen-bond acceptors (Lipinski definition) is 3. The molecule has 0 bridgehead atoms. The second kappa shape index (κ2) is 4.69. The van der Waals surface area contributed by atoms with Gasteiger partial charge in [0, 0.05) is 16.9 Å². The Morgan fingerprint density at radius 3 is 2.94 bits per heavy atom. The first-order valence-corrected chi connectivity index (χ1v) is 5.16. The molecule has 5 nitrogen and oxygen atoms in total. The maximum Gasteiger partial charge on any atom is 0.411 e. The Kier molecular flexibility index (Phi) is 3.09. The summed E-state index contributed by atoms with van der Waals surface area (Å²) in [6, 6.07) is 7.43. The van der Waals surface area contributed by atoms with Gasteiger partial charge in [0.1, 0.15) is 0 Å². The molecule has 0 spiro atoms. The SMILES string of the molecule is COC(=O)Nc1cccc(-c2nc[nH]c2C)c1. The maximum absolute atomic E-state index is 11.1. The number of nitrogens with one attached hydrogen (secondary N) is 2. The number of amides is 1. The molecule has 1 aromatic carbocycles. The van der Waals surface area contributed by atoms with Gasteiger partial charge in [-0.2, -0.15) is 0 Å². The molecule has 2 rings (SSSR count). The van der Waals surface area contributed by atoms with Crippen molar-refractivity contribution in [3.63, 3.8) is 0 Å². The van der Waals surface area contributed by atoms with Crippen LogP contribution in [0.25, 0.3) is 11.3 Å². The number of imidazole rings is 1. The minimum atomic E-state index is -0.485. The molecule has 0 aliphatic rings. The molecule has 17 heavy (non-hydrogen) atoms. The summed E-state index contributed by atoms with van der Waals surface area (Å²) in [6.45, 7) is 1.95. The predicted molar refractivity (Wildman–Crippen MR) is 64.8 cm³/mol. The first-order chi connectivity index (χ1) is 8.20. The normalized spacial score (nSPS) is 10.0. The summed E-state index contributed by atoms with van der Waals surface area (Å²) in [5, 5.41) is 2.61. The molecule has 1 heterocycles. The van der Waals surface area contributed by atoms with Gasteiger partial charge in [0.05, 0.1) is 19.1 Å². The fraction of sp³-hybridized carbons (Fsp3) is 0.167. The summed E-state index contributed by atoms with van der Waals surface area (Å²) >= 11 is 0. The Bertz CT molecular complexity index is 534. The molecule has 0 radical (unpaired) electrons. The Morgan fingerprint density at radius 2 is 2.29 bits per heavy atom. The van der Waals surface area contributed by atoms with Crippen LogP contribution in [-0.4, -0.2) is 23.2 Å². The molecule has 0 saturated carbocycles. The van der Waals surface area contributed by atoms with E-state index in [0.29, 0.717) is 5.69 Å². The van der Waals surface area contributed by atoms with Gasteiger partial charge < -0.3 is 9.72 Å². The number of carbonyl (C=O) groups excluding carboxylic acids is 1. The van der Waals surface area contributed by atoms with Crippen molar-refractivity contribution >= 4 is 11.8 Å². The van der Waals surface area contributed by atoms with Gasteiger partial charge in [0.2, 0.25) is 0 Å². The zero-order valence-electron chi connectivity index (χ0n) is 9.65. The molecule has 0 saturated heterocycles. The van der Waals surface area contributed by atoms with Crippen molar-refractivity contribution in [3.8, 4) is 11.3 Å². The summed E-state index contributed by atoms with van der Waals surface area (Å²) < 4.78 is 4.54. The molecular formula is C12H13N3O2. The van der Waals surface area contributed by atoms with Crippen LogP contribution in [-0.2, 0) is 4.74 Å². The van der Waals surface area contributed by atoms with E-state index in [4.69, 9.17) is 0 Å². The number of nitrogens with zero attached hydrogens (tertiary/aromatic N) is 1. The number of ether oxygens (including phenoxy) is 1. The van der Waals surface area contributed by atoms with E-state index in [1.807, 2.05) is 25.1 Å². The molecule has 0 atom stereocenters. The van der Waals surface area contributed by atoms with Gasteiger partial charge in [-0.25, -0.2) is 9.78 Å². The molecule has 0 unspecified atom stereocenters. The smallest absolute Gasteiger partial charge is 0.411 e. The van der Waals surface area contributed by atoms with Crippen molar-refractivity contribution in [1.29, 1.82) is 0 Å². The van der Waals surface area contributed by atoms with Crippen molar-refractivity contribution in [3.05, 3.63) is 36.3 Å².